The Balaban J connectivity index is 1.54. The van der Waals surface area contributed by atoms with Gasteiger partial charge in [-0.2, -0.15) is 0 Å². The zero-order valence-corrected chi connectivity index (χ0v) is 18.4. The smallest absolute Gasteiger partial charge is 0.335 e. The Morgan fingerprint density at radius 2 is 1.88 bits per heavy atom. The quantitative estimate of drug-likeness (QED) is 0.336. The molecule has 2 aliphatic carbocycles. The van der Waals surface area contributed by atoms with Crippen LogP contribution in [0, 0.1) is 23.2 Å². The van der Waals surface area contributed by atoms with Gasteiger partial charge in [-0.05, 0) is 36.6 Å². The summed E-state index contributed by atoms with van der Waals surface area (Å²) < 4.78 is 1.68. The predicted octanol–water partition coefficient (Wildman–Crippen LogP) is -0.00520. The number of fused-ring (bicyclic) bond motifs is 2. The molecule has 34 heavy (non-hydrogen) atoms. The summed E-state index contributed by atoms with van der Waals surface area (Å²) in [5.41, 5.74) is 0.629. The third kappa shape index (κ3) is 3.11. The predicted molar refractivity (Wildman–Crippen MR) is 120 cm³/mol. The molecule has 11 heteroatoms. The van der Waals surface area contributed by atoms with Crippen molar-refractivity contribution in [1.29, 1.82) is 0 Å². The minimum Gasteiger partial charge on any atom is -0.478 e. The van der Waals surface area contributed by atoms with Crippen molar-refractivity contribution in [2.45, 2.75) is 24.7 Å². The van der Waals surface area contributed by atoms with Crippen molar-refractivity contribution in [3.63, 3.8) is 0 Å². The molecule has 2 fully saturated rings. The van der Waals surface area contributed by atoms with Crippen LogP contribution in [0.5, 0.6) is 0 Å². The SMILES string of the molecule is CNC(=O)[C@@]12C[C@@H]1[C@@H](n1cnc3c(NC)nc(C#Cc4ccc(C(=O)O)cc4)nc31)[C@H](O)[C@@H]2O. The first-order valence-electron chi connectivity index (χ1n) is 10.7. The van der Waals surface area contributed by atoms with E-state index in [1.807, 2.05) is 0 Å². The van der Waals surface area contributed by atoms with Gasteiger partial charge in [-0.1, -0.05) is 5.92 Å². The topological polar surface area (TPSA) is 162 Å². The molecule has 11 nitrogen and oxygen atoms in total. The third-order valence-corrected chi connectivity index (χ3v) is 6.75. The van der Waals surface area contributed by atoms with E-state index in [9.17, 15) is 19.8 Å². The number of carbonyl (C=O) groups is 2. The van der Waals surface area contributed by atoms with Crippen molar-refractivity contribution in [1.82, 2.24) is 24.8 Å². The summed E-state index contributed by atoms with van der Waals surface area (Å²) >= 11 is 0. The number of imidazole rings is 1. The van der Waals surface area contributed by atoms with Crippen molar-refractivity contribution in [3.8, 4) is 11.8 Å². The first kappa shape index (κ1) is 21.8. The van der Waals surface area contributed by atoms with Crippen LogP contribution in [0.25, 0.3) is 11.2 Å². The van der Waals surface area contributed by atoms with E-state index in [0.29, 0.717) is 29.0 Å². The Morgan fingerprint density at radius 1 is 1.15 bits per heavy atom. The number of hydrogen-bond acceptors (Lipinski definition) is 8. The molecule has 5 rings (SSSR count). The van der Waals surface area contributed by atoms with Gasteiger partial charge in [-0.25, -0.2) is 19.7 Å². The van der Waals surface area contributed by atoms with Gasteiger partial charge in [0.2, 0.25) is 11.7 Å². The molecule has 1 aromatic carbocycles. The Kier molecular flexibility index (Phi) is 5.00. The average Bonchev–Trinajstić information content (AvgIpc) is 3.38. The molecule has 0 bridgehead atoms. The lowest BCUT2D eigenvalue weighted by atomic mass is 9.98. The number of hydrogen-bond donors (Lipinski definition) is 5. The maximum Gasteiger partial charge on any atom is 0.335 e. The molecule has 0 unspecified atom stereocenters. The Morgan fingerprint density at radius 3 is 2.53 bits per heavy atom. The number of aliphatic hydroxyl groups is 2. The number of rotatable bonds is 4. The van der Waals surface area contributed by atoms with Crippen LogP contribution in [0.1, 0.15) is 34.2 Å². The van der Waals surface area contributed by atoms with Gasteiger partial charge in [0, 0.05) is 25.6 Å². The van der Waals surface area contributed by atoms with Crippen molar-refractivity contribution < 1.29 is 24.9 Å². The number of nitrogens with zero attached hydrogens (tertiary/aromatic N) is 4. The Labute approximate surface area is 193 Å². The highest BCUT2D eigenvalue weighted by Gasteiger charge is 2.75. The molecule has 2 heterocycles. The zero-order valence-electron chi connectivity index (χ0n) is 18.4. The molecule has 174 valence electrons. The first-order chi connectivity index (χ1) is 16.3. The summed E-state index contributed by atoms with van der Waals surface area (Å²) in [5, 5.41) is 36.1. The van der Waals surface area contributed by atoms with Gasteiger partial charge in [0.25, 0.3) is 0 Å². The zero-order chi connectivity index (χ0) is 24.2. The molecule has 5 N–H and O–H groups in total. The molecule has 3 aromatic rings. The lowest BCUT2D eigenvalue weighted by molar-refractivity contribution is -0.132. The van der Waals surface area contributed by atoms with Gasteiger partial charge in [0.05, 0.1) is 29.5 Å². The fourth-order valence-corrected chi connectivity index (χ4v) is 4.98. The first-order valence-corrected chi connectivity index (χ1v) is 10.7. The van der Waals surface area contributed by atoms with Gasteiger partial charge in [-0.3, -0.25) is 4.79 Å². The van der Waals surface area contributed by atoms with E-state index in [1.54, 1.807) is 23.7 Å². The molecule has 2 saturated carbocycles. The molecule has 0 spiro atoms. The molecule has 2 aliphatic rings. The van der Waals surface area contributed by atoms with Crippen LogP contribution < -0.4 is 10.6 Å². The molecular weight excluding hydrogens is 440 g/mol. The lowest BCUT2D eigenvalue weighted by Gasteiger charge is -2.23. The van der Waals surface area contributed by atoms with Crippen molar-refractivity contribution in [2.75, 3.05) is 19.4 Å². The molecule has 5 atom stereocenters. The number of carbonyl (C=O) groups excluding carboxylic acids is 1. The van der Waals surface area contributed by atoms with Crippen molar-refractivity contribution in [3.05, 3.63) is 47.5 Å². The molecule has 2 aromatic heterocycles. The molecule has 0 radical (unpaired) electrons. The van der Waals surface area contributed by atoms with Gasteiger partial charge in [0.1, 0.15) is 6.10 Å². The van der Waals surface area contributed by atoms with Crippen LogP contribution in [-0.2, 0) is 4.79 Å². The number of amides is 1. The van der Waals surface area contributed by atoms with E-state index in [0.717, 1.165) is 0 Å². The number of carboxylic acids is 1. The molecule has 0 saturated heterocycles. The van der Waals surface area contributed by atoms with Crippen LogP contribution in [0.3, 0.4) is 0 Å². The van der Waals surface area contributed by atoms with E-state index in [1.165, 1.54) is 25.5 Å². The highest BCUT2D eigenvalue weighted by molar-refractivity contribution is 5.88. The van der Waals surface area contributed by atoms with Crippen LogP contribution in [-0.4, -0.2) is 73.0 Å². The van der Waals surface area contributed by atoms with E-state index in [2.05, 4.69) is 37.4 Å². The van der Waals surface area contributed by atoms with Crippen LogP contribution in [0.4, 0.5) is 5.82 Å². The number of nitrogens with one attached hydrogen (secondary N) is 2. The summed E-state index contributed by atoms with van der Waals surface area (Å²) in [6.07, 6.45) is -0.374. The van der Waals surface area contributed by atoms with Gasteiger partial charge in [-0.15, -0.1) is 0 Å². The van der Waals surface area contributed by atoms with Crippen molar-refractivity contribution in [2.24, 2.45) is 11.3 Å². The highest BCUT2D eigenvalue weighted by atomic mass is 16.4. The maximum absolute atomic E-state index is 12.5. The van der Waals surface area contributed by atoms with Gasteiger partial charge >= 0.3 is 5.97 Å². The molecular formula is C23H22N6O5. The lowest BCUT2D eigenvalue weighted by Crippen LogP contribution is -2.41. The summed E-state index contributed by atoms with van der Waals surface area (Å²) in [6.45, 7) is 0. The largest absolute Gasteiger partial charge is 0.478 e. The minimum atomic E-state index is -1.20. The van der Waals surface area contributed by atoms with Gasteiger partial charge < -0.3 is 30.5 Å². The second kappa shape index (κ2) is 7.79. The summed E-state index contributed by atoms with van der Waals surface area (Å²) in [6, 6.07) is 5.54. The summed E-state index contributed by atoms with van der Waals surface area (Å²) in [7, 11) is 3.20. The fraction of sp³-hybridized carbons (Fsp3) is 0.348. The number of benzene rings is 1. The normalized spacial score (nSPS) is 26.9. The van der Waals surface area contributed by atoms with Crippen LogP contribution in [0.15, 0.2) is 30.6 Å². The Bertz CT molecular complexity index is 1370. The number of aromatic nitrogens is 4. The van der Waals surface area contributed by atoms with Crippen LogP contribution >= 0.6 is 0 Å². The minimum absolute atomic E-state index is 0.162. The maximum atomic E-state index is 12.5. The van der Waals surface area contributed by atoms with E-state index in [-0.39, 0.29) is 23.2 Å². The number of aliphatic hydroxyl groups excluding tert-OH is 2. The monoisotopic (exact) mass is 462 g/mol. The van der Waals surface area contributed by atoms with Crippen molar-refractivity contribution >= 4 is 28.9 Å². The standard InChI is InChI=1S/C23H22N6O5/c1-24-19-15-20(28-14(27-19)8-5-11-3-6-12(7-4-11)21(32)33)29(10-26-15)16-13-9-23(13,22(34)25-2)18(31)17(16)30/h3-4,6-7,10,13,16-18,30-31H,9H2,1-2H3,(H,25,34)(H,32,33)(H,24,27,28)/t13-,16-,17+,18+,23+/m1/s1. The highest BCUT2D eigenvalue weighted by Crippen LogP contribution is 2.67. The number of carboxylic acid groups (broad SMARTS) is 1. The molecule has 1 amide bonds. The summed E-state index contributed by atoms with van der Waals surface area (Å²) in [4.78, 5) is 36.8. The van der Waals surface area contributed by atoms with E-state index >= 15 is 0 Å². The average molecular weight is 462 g/mol. The number of anilines is 1. The molecule has 0 aliphatic heterocycles. The summed E-state index contributed by atoms with van der Waals surface area (Å²) in [5.74, 6) is 4.87. The van der Waals surface area contributed by atoms with Gasteiger partial charge in [0.15, 0.2) is 17.0 Å². The number of aromatic carboxylic acids is 1. The van der Waals surface area contributed by atoms with Crippen LogP contribution in [0.2, 0.25) is 0 Å². The second-order valence-corrected chi connectivity index (χ2v) is 8.46. The van der Waals surface area contributed by atoms with E-state index < -0.39 is 29.6 Å². The third-order valence-electron chi connectivity index (χ3n) is 6.75. The second-order valence-electron chi connectivity index (χ2n) is 8.46. The Hall–Kier alpha value is -4.01. The fourth-order valence-electron chi connectivity index (χ4n) is 4.98. The van der Waals surface area contributed by atoms with E-state index in [4.69, 9.17) is 5.11 Å².